The average Bonchev–Trinajstić information content (AvgIpc) is 2.64. The Kier molecular flexibility index (Phi) is 3.16. The van der Waals surface area contributed by atoms with Gasteiger partial charge in [0.2, 0.25) is 0 Å². The van der Waals surface area contributed by atoms with E-state index in [0.717, 1.165) is 13.0 Å². The summed E-state index contributed by atoms with van der Waals surface area (Å²) in [6.07, 6.45) is 0.249. The van der Waals surface area contributed by atoms with E-state index in [1.54, 1.807) is 6.92 Å². The van der Waals surface area contributed by atoms with Crippen molar-refractivity contribution in [2.45, 2.75) is 25.9 Å². The minimum atomic E-state index is -1.21. The molecule has 1 atom stereocenters. The zero-order valence-electron chi connectivity index (χ0n) is 10.4. The van der Waals surface area contributed by atoms with Gasteiger partial charge in [-0.1, -0.05) is 5.11 Å². The molecule has 0 bridgehead atoms. The minimum Gasteiger partial charge on any atom is -0.486 e. The SMILES string of the molecule is CC(=O)c1c(F)c(F)cc2c1OC(C)(CN=[N+]=[N-])C2. The monoisotopic (exact) mass is 267 g/mol. The van der Waals surface area contributed by atoms with E-state index >= 15 is 0 Å². The molecular formula is C12H11F2N3O2. The summed E-state index contributed by atoms with van der Waals surface area (Å²) in [6, 6.07) is 1.01. The summed E-state index contributed by atoms with van der Waals surface area (Å²) >= 11 is 0. The number of benzene rings is 1. The molecule has 5 nitrogen and oxygen atoms in total. The van der Waals surface area contributed by atoms with Crippen LogP contribution in [0.5, 0.6) is 5.75 Å². The first-order valence-electron chi connectivity index (χ1n) is 5.59. The van der Waals surface area contributed by atoms with Crippen molar-refractivity contribution < 1.29 is 18.3 Å². The maximum absolute atomic E-state index is 13.7. The highest BCUT2D eigenvalue weighted by Crippen LogP contribution is 2.40. The molecule has 2 rings (SSSR count). The van der Waals surface area contributed by atoms with Gasteiger partial charge in [0, 0.05) is 16.9 Å². The normalized spacial score (nSPS) is 20.4. The van der Waals surface area contributed by atoms with Crippen LogP contribution < -0.4 is 4.74 Å². The van der Waals surface area contributed by atoms with Crippen molar-refractivity contribution in [2.75, 3.05) is 6.54 Å². The Morgan fingerprint density at radius 2 is 2.32 bits per heavy atom. The average molecular weight is 267 g/mol. The molecule has 0 N–H and O–H groups in total. The van der Waals surface area contributed by atoms with Crippen molar-refractivity contribution in [3.05, 3.63) is 39.3 Å². The van der Waals surface area contributed by atoms with E-state index in [9.17, 15) is 13.6 Å². The van der Waals surface area contributed by atoms with Gasteiger partial charge in [-0.2, -0.15) is 0 Å². The topological polar surface area (TPSA) is 75.1 Å². The van der Waals surface area contributed by atoms with Crippen molar-refractivity contribution in [1.82, 2.24) is 0 Å². The van der Waals surface area contributed by atoms with E-state index in [2.05, 4.69) is 10.0 Å². The molecule has 0 saturated heterocycles. The van der Waals surface area contributed by atoms with Gasteiger partial charge in [-0.25, -0.2) is 8.78 Å². The lowest BCUT2D eigenvalue weighted by Gasteiger charge is -2.21. The molecule has 1 heterocycles. The van der Waals surface area contributed by atoms with Crippen molar-refractivity contribution in [3.63, 3.8) is 0 Å². The molecule has 0 fully saturated rings. The van der Waals surface area contributed by atoms with E-state index < -0.39 is 23.0 Å². The Bertz CT molecular complexity index is 611. The van der Waals surface area contributed by atoms with E-state index in [1.807, 2.05) is 0 Å². The molecule has 0 amide bonds. The molecule has 0 aliphatic carbocycles. The zero-order valence-corrected chi connectivity index (χ0v) is 10.4. The number of fused-ring (bicyclic) bond motifs is 1. The maximum atomic E-state index is 13.7. The smallest absolute Gasteiger partial charge is 0.173 e. The number of carbonyl (C=O) groups excluding carboxylic acids is 1. The highest BCUT2D eigenvalue weighted by Gasteiger charge is 2.38. The van der Waals surface area contributed by atoms with Gasteiger partial charge < -0.3 is 4.74 Å². The predicted octanol–water partition coefficient (Wildman–Crippen LogP) is 3.17. The Balaban J connectivity index is 2.51. The highest BCUT2D eigenvalue weighted by atomic mass is 19.2. The summed E-state index contributed by atoms with van der Waals surface area (Å²) in [7, 11) is 0. The summed E-state index contributed by atoms with van der Waals surface area (Å²) in [5.41, 5.74) is 7.44. The lowest BCUT2D eigenvalue weighted by Crippen LogP contribution is -2.33. The summed E-state index contributed by atoms with van der Waals surface area (Å²) in [4.78, 5) is 14.1. The number of rotatable bonds is 3. The number of azide groups is 1. The van der Waals surface area contributed by atoms with Crippen LogP contribution in [0.15, 0.2) is 11.2 Å². The molecule has 100 valence electrons. The molecule has 0 aromatic heterocycles. The number of nitrogens with zero attached hydrogens (tertiary/aromatic N) is 3. The second kappa shape index (κ2) is 4.51. The molecule has 1 unspecified atom stereocenters. The molecule has 7 heteroatoms. The van der Waals surface area contributed by atoms with Gasteiger partial charge >= 0.3 is 0 Å². The van der Waals surface area contributed by atoms with Gasteiger partial charge in [-0.3, -0.25) is 4.79 Å². The van der Waals surface area contributed by atoms with Gasteiger partial charge in [0.05, 0.1) is 12.1 Å². The van der Waals surface area contributed by atoms with Crippen molar-refractivity contribution >= 4 is 5.78 Å². The molecule has 1 aromatic rings. The van der Waals surface area contributed by atoms with Crippen molar-refractivity contribution in [1.29, 1.82) is 0 Å². The fourth-order valence-corrected chi connectivity index (χ4v) is 2.18. The van der Waals surface area contributed by atoms with E-state index in [0.29, 0.717) is 5.56 Å². The first-order valence-corrected chi connectivity index (χ1v) is 5.59. The number of Topliss-reactive ketones (excluding diaryl/α,β-unsaturated/α-hetero) is 1. The van der Waals surface area contributed by atoms with Crippen LogP contribution in [0.25, 0.3) is 10.4 Å². The predicted molar refractivity (Wildman–Crippen MR) is 63.1 cm³/mol. The quantitative estimate of drug-likeness (QED) is 0.365. The number of hydrogen-bond donors (Lipinski definition) is 0. The number of carbonyl (C=O) groups is 1. The molecule has 0 spiro atoms. The molecule has 0 radical (unpaired) electrons. The number of ether oxygens (including phenoxy) is 1. The summed E-state index contributed by atoms with van der Waals surface area (Å²) in [6.45, 7) is 2.81. The molecule has 1 aliphatic rings. The highest BCUT2D eigenvalue weighted by molar-refractivity contribution is 5.97. The summed E-state index contributed by atoms with van der Waals surface area (Å²) in [5, 5.41) is 3.41. The van der Waals surface area contributed by atoms with E-state index in [-0.39, 0.29) is 24.3 Å². The van der Waals surface area contributed by atoms with Gasteiger partial charge in [0.1, 0.15) is 11.4 Å². The van der Waals surface area contributed by atoms with E-state index in [1.165, 1.54) is 0 Å². The third-order valence-corrected chi connectivity index (χ3v) is 2.98. The van der Waals surface area contributed by atoms with Crippen LogP contribution in [0.2, 0.25) is 0 Å². The lowest BCUT2D eigenvalue weighted by molar-refractivity contribution is 0.0985. The van der Waals surface area contributed by atoms with Gasteiger partial charge in [0.25, 0.3) is 0 Å². The first kappa shape index (κ1) is 13.3. The zero-order chi connectivity index (χ0) is 14.2. The molecule has 1 aromatic carbocycles. The summed E-state index contributed by atoms with van der Waals surface area (Å²) in [5.74, 6) is -2.86. The van der Waals surface area contributed by atoms with Crippen LogP contribution in [-0.2, 0) is 6.42 Å². The van der Waals surface area contributed by atoms with Crippen molar-refractivity contribution in [2.24, 2.45) is 5.11 Å². The molecule has 1 aliphatic heterocycles. The van der Waals surface area contributed by atoms with Gasteiger partial charge in [0.15, 0.2) is 17.4 Å². The fraction of sp³-hybridized carbons (Fsp3) is 0.417. The Hall–Kier alpha value is -2.14. The Morgan fingerprint density at radius 1 is 1.63 bits per heavy atom. The maximum Gasteiger partial charge on any atom is 0.173 e. The standard InChI is InChI=1S/C12H11F2N3O2/c1-6(18)9-10(14)8(13)3-7-4-12(2,5-16-17-15)19-11(7)9/h3H,4-5H2,1-2H3. The number of ketones is 1. The third-order valence-electron chi connectivity index (χ3n) is 2.98. The van der Waals surface area contributed by atoms with Crippen LogP contribution in [0.4, 0.5) is 8.78 Å². The van der Waals surface area contributed by atoms with Gasteiger partial charge in [-0.05, 0) is 25.4 Å². The van der Waals surface area contributed by atoms with Crippen molar-refractivity contribution in [3.8, 4) is 5.75 Å². The van der Waals surface area contributed by atoms with Crippen LogP contribution in [0.1, 0.15) is 29.8 Å². The summed E-state index contributed by atoms with van der Waals surface area (Å²) < 4.78 is 32.6. The van der Waals surface area contributed by atoms with E-state index in [4.69, 9.17) is 10.3 Å². The Labute approximate surface area is 107 Å². The third kappa shape index (κ3) is 2.24. The first-order chi connectivity index (χ1) is 8.88. The molecular weight excluding hydrogens is 256 g/mol. The second-order valence-corrected chi connectivity index (χ2v) is 4.71. The lowest BCUT2D eigenvalue weighted by atomic mass is 9.97. The molecule has 0 saturated carbocycles. The van der Waals surface area contributed by atoms with Crippen LogP contribution in [0.3, 0.4) is 0 Å². The molecule has 19 heavy (non-hydrogen) atoms. The Morgan fingerprint density at radius 3 is 2.89 bits per heavy atom. The largest absolute Gasteiger partial charge is 0.486 e. The van der Waals surface area contributed by atoms with Gasteiger partial charge in [-0.15, -0.1) is 0 Å². The fourth-order valence-electron chi connectivity index (χ4n) is 2.18. The van der Waals surface area contributed by atoms with Crippen LogP contribution in [-0.4, -0.2) is 17.9 Å². The number of hydrogen-bond acceptors (Lipinski definition) is 3. The minimum absolute atomic E-state index is 0.0127. The van der Waals surface area contributed by atoms with Crippen LogP contribution in [0, 0.1) is 11.6 Å². The van der Waals surface area contributed by atoms with Crippen LogP contribution >= 0.6 is 0 Å². The second-order valence-electron chi connectivity index (χ2n) is 4.71. The number of halogens is 2.